The van der Waals surface area contributed by atoms with Crippen LogP contribution in [-0.2, 0) is 0 Å². The van der Waals surface area contributed by atoms with Crippen LogP contribution in [0.15, 0.2) is 24.4 Å². The van der Waals surface area contributed by atoms with E-state index in [9.17, 15) is 4.79 Å². The van der Waals surface area contributed by atoms with Crippen molar-refractivity contribution in [3.05, 3.63) is 30.0 Å². The largest absolute Gasteiger partial charge is 0.336 e. The summed E-state index contributed by atoms with van der Waals surface area (Å²) in [5.41, 5.74) is 1.66. The Balaban J connectivity index is 1.91. The number of aromatic amines is 1. The maximum Gasteiger partial charge on any atom is 0.254 e. The molecule has 0 spiro atoms. The Kier molecular flexibility index (Phi) is 2.58. The average Bonchev–Trinajstić information content (AvgIpc) is 2.93. The molecule has 1 saturated heterocycles. The van der Waals surface area contributed by atoms with Gasteiger partial charge in [-0.2, -0.15) is 5.10 Å². The predicted octanol–water partition coefficient (Wildman–Crippen LogP) is 2.43. The lowest BCUT2D eigenvalue weighted by Gasteiger charge is -2.21. The SMILES string of the molecule is CC1CC(C)N(C(=O)c2ccc3cn[nH]c3c2)C1. The van der Waals surface area contributed by atoms with Crippen molar-refractivity contribution in [3.63, 3.8) is 0 Å². The molecule has 1 aromatic heterocycles. The second kappa shape index (κ2) is 4.12. The van der Waals surface area contributed by atoms with Gasteiger partial charge < -0.3 is 4.90 Å². The number of rotatable bonds is 1. The third kappa shape index (κ3) is 1.78. The van der Waals surface area contributed by atoms with Crippen LogP contribution < -0.4 is 0 Å². The number of likely N-dealkylation sites (tertiary alicyclic amines) is 1. The Morgan fingerprint density at radius 3 is 3.00 bits per heavy atom. The minimum Gasteiger partial charge on any atom is -0.336 e. The first-order valence-corrected chi connectivity index (χ1v) is 6.39. The predicted molar refractivity (Wildman–Crippen MR) is 70.4 cm³/mol. The monoisotopic (exact) mass is 243 g/mol. The van der Waals surface area contributed by atoms with E-state index in [1.54, 1.807) is 6.20 Å². The van der Waals surface area contributed by atoms with E-state index in [1.807, 2.05) is 23.1 Å². The lowest BCUT2D eigenvalue weighted by Crippen LogP contribution is -2.33. The number of hydrogen-bond acceptors (Lipinski definition) is 2. The number of nitrogens with one attached hydrogen (secondary N) is 1. The molecule has 1 fully saturated rings. The van der Waals surface area contributed by atoms with Crippen LogP contribution in [0.2, 0.25) is 0 Å². The highest BCUT2D eigenvalue weighted by Crippen LogP contribution is 2.25. The summed E-state index contributed by atoms with van der Waals surface area (Å²) in [4.78, 5) is 14.4. The van der Waals surface area contributed by atoms with E-state index in [0.29, 0.717) is 12.0 Å². The standard InChI is InChI=1S/C14H17N3O/c1-9-5-10(2)17(8-9)14(18)11-3-4-12-7-15-16-13(12)6-11/h3-4,6-7,9-10H,5,8H2,1-2H3,(H,15,16). The fourth-order valence-electron chi connectivity index (χ4n) is 2.82. The zero-order chi connectivity index (χ0) is 12.7. The third-order valence-electron chi connectivity index (χ3n) is 3.73. The average molecular weight is 243 g/mol. The molecule has 2 heterocycles. The highest BCUT2D eigenvalue weighted by atomic mass is 16.2. The van der Waals surface area contributed by atoms with E-state index in [1.165, 1.54) is 0 Å². The minimum absolute atomic E-state index is 0.128. The highest BCUT2D eigenvalue weighted by molar-refractivity contribution is 5.98. The molecule has 1 aromatic carbocycles. The van der Waals surface area contributed by atoms with Crippen molar-refractivity contribution in [3.8, 4) is 0 Å². The molecule has 0 radical (unpaired) electrons. The smallest absolute Gasteiger partial charge is 0.254 e. The van der Waals surface area contributed by atoms with Gasteiger partial charge in [0.1, 0.15) is 0 Å². The number of aromatic nitrogens is 2. The molecule has 2 atom stereocenters. The van der Waals surface area contributed by atoms with Gasteiger partial charge in [0.2, 0.25) is 0 Å². The lowest BCUT2D eigenvalue weighted by molar-refractivity contribution is 0.0744. The summed E-state index contributed by atoms with van der Waals surface area (Å²) < 4.78 is 0. The third-order valence-corrected chi connectivity index (χ3v) is 3.73. The molecule has 1 aliphatic rings. The molecule has 1 amide bonds. The summed E-state index contributed by atoms with van der Waals surface area (Å²) >= 11 is 0. The zero-order valence-corrected chi connectivity index (χ0v) is 10.7. The number of carbonyl (C=O) groups is 1. The Labute approximate surface area is 106 Å². The van der Waals surface area contributed by atoms with Gasteiger partial charge in [-0.05, 0) is 31.4 Å². The Morgan fingerprint density at radius 2 is 2.28 bits per heavy atom. The summed E-state index contributed by atoms with van der Waals surface area (Å²) in [5.74, 6) is 0.725. The van der Waals surface area contributed by atoms with Gasteiger partial charge in [-0.1, -0.05) is 13.0 Å². The Bertz CT molecular complexity index is 589. The van der Waals surface area contributed by atoms with Crippen molar-refractivity contribution < 1.29 is 4.79 Å². The fourth-order valence-corrected chi connectivity index (χ4v) is 2.82. The number of fused-ring (bicyclic) bond motifs is 1. The molecular formula is C14H17N3O. The second-order valence-corrected chi connectivity index (χ2v) is 5.32. The maximum atomic E-state index is 12.5. The molecule has 4 nitrogen and oxygen atoms in total. The molecule has 0 bridgehead atoms. The van der Waals surface area contributed by atoms with Crippen LogP contribution in [0.25, 0.3) is 10.9 Å². The molecule has 0 saturated carbocycles. The van der Waals surface area contributed by atoms with Crippen LogP contribution >= 0.6 is 0 Å². The zero-order valence-electron chi connectivity index (χ0n) is 10.7. The summed E-state index contributed by atoms with van der Waals surface area (Å²) in [6.45, 7) is 5.18. The fraction of sp³-hybridized carbons (Fsp3) is 0.429. The number of carbonyl (C=O) groups excluding carboxylic acids is 1. The van der Waals surface area contributed by atoms with Gasteiger partial charge in [0.15, 0.2) is 0 Å². The number of nitrogens with zero attached hydrogens (tertiary/aromatic N) is 2. The van der Waals surface area contributed by atoms with Crippen LogP contribution in [0.5, 0.6) is 0 Å². The second-order valence-electron chi connectivity index (χ2n) is 5.32. The van der Waals surface area contributed by atoms with Gasteiger partial charge in [-0.25, -0.2) is 0 Å². The first kappa shape index (κ1) is 11.3. The molecule has 2 aromatic rings. The quantitative estimate of drug-likeness (QED) is 0.836. The number of amides is 1. The first-order chi connectivity index (χ1) is 8.65. The Hall–Kier alpha value is -1.84. The molecule has 1 aliphatic heterocycles. The van der Waals surface area contributed by atoms with Gasteiger partial charge in [0, 0.05) is 23.5 Å². The number of hydrogen-bond donors (Lipinski definition) is 1. The van der Waals surface area contributed by atoms with Crippen molar-refractivity contribution in [2.45, 2.75) is 26.3 Å². The van der Waals surface area contributed by atoms with Crippen molar-refractivity contribution >= 4 is 16.8 Å². The summed E-state index contributed by atoms with van der Waals surface area (Å²) in [5, 5.41) is 7.92. The molecule has 18 heavy (non-hydrogen) atoms. The molecule has 94 valence electrons. The van der Waals surface area contributed by atoms with Crippen molar-refractivity contribution in [1.82, 2.24) is 15.1 Å². The molecule has 3 rings (SSSR count). The van der Waals surface area contributed by atoms with Crippen molar-refractivity contribution in [1.29, 1.82) is 0 Å². The molecule has 0 aliphatic carbocycles. The van der Waals surface area contributed by atoms with Gasteiger partial charge in [-0.3, -0.25) is 9.89 Å². The first-order valence-electron chi connectivity index (χ1n) is 6.39. The molecular weight excluding hydrogens is 226 g/mol. The van der Waals surface area contributed by atoms with E-state index >= 15 is 0 Å². The Morgan fingerprint density at radius 1 is 1.44 bits per heavy atom. The normalized spacial score (nSPS) is 23.8. The van der Waals surface area contributed by atoms with Crippen LogP contribution in [-0.4, -0.2) is 33.6 Å². The van der Waals surface area contributed by atoms with E-state index in [-0.39, 0.29) is 5.91 Å². The maximum absolute atomic E-state index is 12.5. The molecule has 1 N–H and O–H groups in total. The van der Waals surface area contributed by atoms with Gasteiger partial charge in [0.25, 0.3) is 5.91 Å². The minimum atomic E-state index is 0.128. The van der Waals surface area contributed by atoms with Crippen LogP contribution in [0.3, 0.4) is 0 Å². The summed E-state index contributed by atoms with van der Waals surface area (Å²) in [6.07, 6.45) is 2.86. The molecule has 2 unspecified atom stereocenters. The van der Waals surface area contributed by atoms with Crippen molar-refractivity contribution in [2.75, 3.05) is 6.54 Å². The summed E-state index contributed by atoms with van der Waals surface area (Å²) in [6, 6.07) is 6.05. The van der Waals surface area contributed by atoms with Crippen molar-refractivity contribution in [2.24, 2.45) is 5.92 Å². The topological polar surface area (TPSA) is 49.0 Å². The highest BCUT2D eigenvalue weighted by Gasteiger charge is 2.30. The van der Waals surface area contributed by atoms with Crippen LogP contribution in [0, 0.1) is 5.92 Å². The lowest BCUT2D eigenvalue weighted by atomic mass is 10.1. The van der Waals surface area contributed by atoms with Crippen LogP contribution in [0.1, 0.15) is 30.6 Å². The van der Waals surface area contributed by atoms with E-state index in [2.05, 4.69) is 24.0 Å². The van der Waals surface area contributed by atoms with E-state index < -0.39 is 0 Å². The van der Waals surface area contributed by atoms with Gasteiger partial charge in [-0.15, -0.1) is 0 Å². The van der Waals surface area contributed by atoms with Gasteiger partial charge >= 0.3 is 0 Å². The summed E-state index contributed by atoms with van der Waals surface area (Å²) in [7, 11) is 0. The van der Waals surface area contributed by atoms with E-state index in [0.717, 1.165) is 29.4 Å². The van der Waals surface area contributed by atoms with E-state index in [4.69, 9.17) is 0 Å². The number of H-pyrrole nitrogens is 1. The molecule has 4 heteroatoms. The number of benzene rings is 1. The van der Waals surface area contributed by atoms with Gasteiger partial charge in [0.05, 0.1) is 11.7 Å². The van der Waals surface area contributed by atoms with Crippen LogP contribution in [0.4, 0.5) is 0 Å².